The van der Waals surface area contributed by atoms with Gasteiger partial charge in [-0.05, 0) is 45.2 Å². The molecule has 0 unspecified atom stereocenters. The summed E-state index contributed by atoms with van der Waals surface area (Å²) in [6, 6.07) is 6.83. The van der Waals surface area contributed by atoms with Crippen LogP contribution >= 0.6 is 0 Å². The number of carbonyl (C=O) groups excluding carboxylic acids is 2. The van der Waals surface area contributed by atoms with Gasteiger partial charge < -0.3 is 20.5 Å². The molecule has 2 aromatic heterocycles. The van der Waals surface area contributed by atoms with Gasteiger partial charge >= 0.3 is 12.1 Å². The van der Waals surface area contributed by atoms with Gasteiger partial charge in [0.1, 0.15) is 0 Å². The van der Waals surface area contributed by atoms with E-state index in [1.54, 1.807) is 12.1 Å². The average molecular weight is 500 g/mol. The number of rotatable bonds is 9. The van der Waals surface area contributed by atoms with Gasteiger partial charge in [0.05, 0.1) is 18.1 Å². The Balaban J connectivity index is 0.000000269. The number of carbonyl (C=O) groups is 2. The van der Waals surface area contributed by atoms with Gasteiger partial charge in [-0.25, -0.2) is 24.1 Å². The number of unbranched alkanes of at least 4 members (excludes halogenated alkanes) is 2. The van der Waals surface area contributed by atoms with Gasteiger partial charge in [0, 0.05) is 24.3 Å². The molecule has 0 aliphatic rings. The minimum absolute atomic E-state index is 0.118. The van der Waals surface area contributed by atoms with Crippen molar-refractivity contribution in [2.45, 2.75) is 59.8 Å². The Morgan fingerprint density at radius 2 is 1.78 bits per heavy atom. The molecule has 0 radical (unpaired) electrons. The number of hydrogen-bond acceptors (Lipinski definition) is 8. The van der Waals surface area contributed by atoms with Gasteiger partial charge in [-0.2, -0.15) is 4.98 Å². The predicted molar refractivity (Wildman–Crippen MR) is 141 cm³/mol. The molecule has 11 heteroatoms. The highest BCUT2D eigenvalue weighted by atomic mass is 16.5. The molecule has 0 atom stereocenters. The number of amides is 2. The van der Waals surface area contributed by atoms with Gasteiger partial charge in [-0.3, -0.25) is 5.32 Å². The number of ether oxygens (including phenoxy) is 1. The topological polar surface area (TPSA) is 143 Å². The minimum atomic E-state index is -0.673. The second kappa shape index (κ2) is 14.5. The van der Waals surface area contributed by atoms with Crippen molar-refractivity contribution in [1.82, 2.24) is 24.8 Å². The van der Waals surface area contributed by atoms with Crippen LogP contribution in [0.2, 0.25) is 0 Å². The van der Waals surface area contributed by atoms with Gasteiger partial charge in [-0.1, -0.05) is 38.8 Å². The predicted octanol–water partition coefficient (Wildman–Crippen LogP) is 4.84. The number of aromatic nitrogens is 4. The number of aryl methyl sites for hydroxylation is 1. The normalized spacial score (nSPS) is 10.4. The number of imidazole rings is 1. The van der Waals surface area contributed by atoms with Crippen LogP contribution in [0.25, 0.3) is 11.0 Å². The summed E-state index contributed by atoms with van der Waals surface area (Å²) in [6.45, 7) is 9.38. The number of aromatic hydroxyl groups is 1. The lowest BCUT2D eigenvalue weighted by Crippen LogP contribution is -2.31. The van der Waals surface area contributed by atoms with E-state index in [4.69, 9.17) is 0 Å². The molecule has 1 aromatic carbocycles. The zero-order valence-corrected chi connectivity index (χ0v) is 21.7. The maximum atomic E-state index is 12.3. The standard InChI is InChI=1S/C14H18N4O3.C11H19N3O/c1-3-4-9-15-13(19)18-11-8-6-5-7-10(11)16-12(18)17-14(20)21-2;1-4-6-7-9-8(3)13-11(12-5-2)14-10(9)15/h5-8H,3-4,9H2,1-2H3,(H,15,19)(H,16,17,20);4-7H2,1-3H3,(H2,12,13,14,15). The SMILES string of the molecule is CCCCNC(=O)n1c(NC(=O)OC)nc2ccccc21.CCCCc1c(C)nc(NCC)nc1O. The lowest BCUT2D eigenvalue weighted by molar-refractivity contribution is 0.186. The highest BCUT2D eigenvalue weighted by Gasteiger charge is 2.18. The molecule has 2 heterocycles. The van der Waals surface area contributed by atoms with Crippen molar-refractivity contribution in [2.24, 2.45) is 0 Å². The van der Waals surface area contributed by atoms with Crippen LogP contribution < -0.4 is 16.0 Å². The maximum absolute atomic E-state index is 12.3. The first-order valence-corrected chi connectivity index (χ1v) is 12.3. The van der Waals surface area contributed by atoms with Gasteiger partial charge in [0.2, 0.25) is 17.8 Å². The lowest BCUT2D eigenvalue weighted by Gasteiger charge is -2.09. The number of nitrogens with one attached hydrogen (secondary N) is 3. The molecule has 0 bridgehead atoms. The molecular weight excluding hydrogens is 462 g/mol. The highest BCUT2D eigenvalue weighted by Crippen LogP contribution is 2.21. The van der Waals surface area contributed by atoms with Crippen molar-refractivity contribution in [3.8, 4) is 5.88 Å². The summed E-state index contributed by atoms with van der Waals surface area (Å²) in [7, 11) is 1.25. The monoisotopic (exact) mass is 499 g/mol. The van der Waals surface area contributed by atoms with E-state index in [2.05, 4.69) is 42.6 Å². The first-order valence-electron chi connectivity index (χ1n) is 12.3. The van der Waals surface area contributed by atoms with Gasteiger partial charge in [0.25, 0.3) is 0 Å². The number of benzene rings is 1. The average Bonchev–Trinajstić information content (AvgIpc) is 3.22. The summed E-state index contributed by atoms with van der Waals surface area (Å²) in [5, 5.41) is 18.0. The Labute approximate surface area is 211 Å². The van der Waals surface area contributed by atoms with E-state index in [9.17, 15) is 14.7 Å². The van der Waals surface area contributed by atoms with Crippen molar-refractivity contribution in [3.05, 3.63) is 35.5 Å². The Morgan fingerprint density at radius 1 is 1.06 bits per heavy atom. The first kappa shape index (κ1) is 28.3. The zero-order chi connectivity index (χ0) is 26.5. The molecule has 196 valence electrons. The van der Waals surface area contributed by atoms with Crippen LogP contribution in [0.5, 0.6) is 5.88 Å². The van der Waals surface area contributed by atoms with E-state index >= 15 is 0 Å². The largest absolute Gasteiger partial charge is 0.493 e. The Bertz CT molecular complexity index is 1120. The van der Waals surface area contributed by atoms with Crippen LogP contribution in [-0.4, -0.2) is 56.9 Å². The molecule has 0 aliphatic carbocycles. The molecule has 0 aliphatic heterocycles. The second-order valence-corrected chi connectivity index (χ2v) is 8.03. The van der Waals surface area contributed by atoms with Crippen LogP contribution in [0.4, 0.5) is 21.5 Å². The van der Waals surface area contributed by atoms with Crippen molar-refractivity contribution in [1.29, 1.82) is 0 Å². The van der Waals surface area contributed by atoms with E-state index in [-0.39, 0.29) is 17.9 Å². The van der Waals surface area contributed by atoms with E-state index < -0.39 is 6.09 Å². The molecule has 3 rings (SSSR count). The third kappa shape index (κ3) is 7.82. The minimum Gasteiger partial charge on any atom is -0.493 e. The molecule has 3 aromatic rings. The quantitative estimate of drug-likeness (QED) is 0.306. The Hall–Kier alpha value is -3.89. The summed E-state index contributed by atoms with van der Waals surface area (Å²) in [6.07, 6.45) is 4.20. The molecular formula is C25H37N7O4. The molecule has 0 saturated carbocycles. The summed E-state index contributed by atoms with van der Waals surface area (Å²) >= 11 is 0. The fraction of sp³-hybridized carbons (Fsp3) is 0.480. The number of fused-ring (bicyclic) bond motifs is 1. The molecule has 0 spiro atoms. The van der Waals surface area contributed by atoms with E-state index in [1.807, 2.05) is 32.9 Å². The van der Waals surface area contributed by atoms with Crippen molar-refractivity contribution in [3.63, 3.8) is 0 Å². The van der Waals surface area contributed by atoms with E-state index in [0.717, 1.165) is 49.9 Å². The van der Waals surface area contributed by atoms with Crippen LogP contribution in [0.1, 0.15) is 57.7 Å². The van der Waals surface area contributed by atoms with E-state index in [1.165, 1.54) is 11.7 Å². The molecule has 4 N–H and O–H groups in total. The fourth-order valence-electron chi connectivity index (χ4n) is 3.37. The molecule has 0 saturated heterocycles. The maximum Gasteiger partial charge on any atom is 0.413 e. The zero-order valence-electron chi connectivity index (χ0n) is 21.7. The van der Waals surface area contributed by atoms with Crippen molar-refractivity contribution >= 4 is 35.1 Å². The summed E-state index contributed by atoms with van der Waals surface area (Å²) in [5.41, 5.74) is 2.98. The fourth-order valence-corrected chi connectivity index (χ4v) is 3.37. The van der Waals surface area contributed by atoms with Gasteiger partial charge in [-0.15, -0.1) is 0 Å². The number of methoxy groups -OCH3 is 1. The highest BCUT2D eigenvalue weighted by molar-refractivity contribution is 5.96. The molecule has 11 nitrogen and oxygen atoms in total. The number of hydrogen-bond donors (Lipinski definition) is 4. The van der Waals surface area contributed by atoms with Gasteiger partial charge in [0.15, 0.2) is 0 Å². The Morgan fingerprint density at radius 3 is 2.42 bits per heavy atom. The second-order valence-electron chi connectivity index (χ2n) is 8.03. The van der Waals surface area contributed by atoms with Crippen LogP contribution in [0.15, 0.2) is 24.3 Å². The molecule has 2 amide bonds. The first-order chi connectivity index (χ1) is 17.4. The Kier molecular flexibility index (Phi) is 11.4. The number of anilines is 2. The van der Waals surface area contributed by atoms with Crippen LogP contribution in [0.3, 0.4) is 0 Å². The number of nitrogens with zero attached hydrogens (tertiary/aromatic N) is 4. The van der Waals surface area contributed by atoms with Crippen LogP contribution in [-0.2, 0) is 11.2 Å². The third-order valence-corrected chi connectivity index (χ3v) is 5.28. The molecule has 36 heavy (non-hydrogen) atoms. The van der Waals surface area contributed by atoms with Crippen molar-refractivity contribution in [2.75, 3.05) is 30.8 Å². The van der Waals surface area contributed by atoms with E-state index in [0.29, 0.717) is 23.5 Å². The summed E-state index contributed by atoms with van der Waals surface area (Å²) in [5.74, 6) is 0.761. The van der Waals surface area contributed by atoms with Crippen molar-refractivity contribution < 1.29 is 19.4 Å². The molecule has 0 fully saturated rings. The number of para-hydroxylation sites is 2. The summed E-state index contributed by atoms with van der Waals surface area (Å²) < 4.78 is 5.88. The summed E-state index contributed by atoms with van der Waals surface area (Å²) in [4.78, 5) is 36.2. The van der Waals surface area contributed by atoms with Crippen LogP contribution in [0, 0.1) is 6.92 Å². The third-order valence-electron chi connectivity index (χ3n) is 5.28. The lowest BCUT2D eigenvalue weighted by atomic mass is 10.1. The smallest absolute Gasteiger partial charge is 0.413 e.